The van der Waals surface area contributed by atoms with Crippen molar-refractivity contribution in [2.24, 2.45) is 0 Å². The van der Waals surface area contributed by atoms with Crippen LogP contribution in [0.2, 0.25) is 0 Å². The van der Waals surface area contributed by atoms with E-state index < -0.39 is 0 Å². The largest absolute Gasteiger partial charge is 0.488 e. The number of carbonyl (C=O) groups excluding carboxylic acids is 1. The molecule has 1 aliphatic heterocycles. The van der Waals surface area contributed by atoms with E-state index in [2.05, 4.69) is 9.88 Å². The third kappa shape index (κ3) is 2.39. The first kappa shape index (κ1) is 13.1. The van der Waals surface area contributed by atoms with Gasteiger partial charge in [0.2, 0.25) is 0 Å². The Hall–Kier alpha value is -1.94. The fraction of sp³-hybridized carbons (Fsp3) is 0.375. The first-order valence-electron chi connectivity index (χ1n) is 6.85. The van der Waals surface area contributed by atoms with Crippen molar-refractivity contribution in [3.8, 4) is 5.75 Å². The summed E-state index contributed by atoms with van der Waals surface area (Å²) in [6.45, 7) is 2.43. The molecule has 0 N–H and O–H groups in total. The van der Waals surface area contributed by atoms with E-state index in [1.165, 1.54) is 0 Å². The summed E-state index contributed by atoms with van der Waals surface area (Å²) < 4.78 is 6.12. The van der Waals surface area contributed by atoms with E-state index in [1.807, 2.05) is 37.5 Å². The molecule has 2 atom stereocenters. The summed E-state index contributed by atoms with van der Waals surface area (Å²) in [4.78, 5) is 17.8. The number of fused-ring (bicyclic) bond motifs is 1. The maximum atomic E-state index is 11.6. The molecule has 2 unspecified atom stereocenters. The van der Waals surface area contributed by atoms with Crippen LogP contribution in [0.1, 0.15) is 13.3 Å². The molecule has 4 nitrogen and oxygen atoms in total. The summed E-state index contributed by atoms with van der Waals surface area (Å²) in [5.74, 6) is 1.08. The molecule has 0 spiro atoms. The summed E-state index contributed by atoms with van der Waals surface area (Å²) in [6.07, 6.45) is 4.43. The summed E-state index contributed by atoms with van der Waals surface area (Å²) in [5.41, 5.74) is 0. The molecular formula is C16H18N2O2. The lowest BCUT2D eigenvalue weighted by Gasteiger charge is -2.15. The van der Waals surface area contributed by atoms with Crippen molar-refractivity contribution < 1.29 is 9.53 Å². The number of hydrogen-bond donors (Lipinski definition) is 0. The molecule has 1 aromatic carbocycles. The average Bonchev–Trinajstić information content (AvgIpc) is 2.80. The molecular weight excluding hydrogens is 252 g/mol. The number of ether oxygens (including phenoxy) is 1. The molecule has 3 rings (SSSR count). The molecule has 4 heteroatoms. The van der Waals surface area contributed by atoms with Crippen LogP contribution in [0.4, 0.5) is 0 Å². The van der Waals surface area contributed by atoms with Gasteiger partial charge in [-0.15, -0.1) is 0 Å². The molecule has 0 amide bonds. The Bertz CT molecular complexity index is 636. The van der Waals surface area contributed by atoms with Crippen molar-refractivity contribution >= 4 is 16.6 Å². The zero-order valence-corrected chi connectivity index (χ0v) is 11.7. The monoisotopic (exact) mass is 270 g/mol. The maximum absolute atomic E-state index is 11.6. The smallest absolute Gasteiger partial charge is 0.147 e. The van der Waals surface area contributed by atoms with Gasteiger partial charge in [0, 0.05) is 36.1 Å². The number of likely N-dealkylation sites (N-methyl/N-ethyl adjacent to an activating group) is 1. The fourth-order valence-electron chi connectivity index (χ4n) is 2.89. The zero-order chi connectivity index (χ0) is 14.1. The van der Waals surface area contributed by atoms with Crippen molar-refractivity contribution in [3.05, 3.63) is 36.7 Å². The van der Waals surface area contributed by atoms with Gasteiger partial charge in [-0.2, -0.15) is 0 Å². The van der Waals surface area contributed by atoms with E-state index in [4.69, 9.17) is 4.74 Å². The number of rotatable bonds is 3. The lowest BCUT2D eigenvalue weighted by molar-refractivity contribution is -0.120. The highest BCUT2D eigenvalue weighted by molar-refractivity contribution is 5.87. The van der Waals surface area contributed by atoms with E-state index in [1.54, 1.807) is 13.1 Å². The second-order valence-corrected chi connectivity index (χ2v) is 5.39. The SMILES string of the molecule is CC(=O)C1CC(Oc2cccc3cnccc23)CN1C. The minimum Gasteiger partial charge on any atom is -0.488 e. The molecule has 1 aromatic heterocycles. The van der Waals surface area contributed by atoms with E-state index in [9.17, 15) is 4.79 Å². The molecule has 1 fully saturated rings. The van der Waals surface area contributed by atoms with Crippen molar-refractivity contribution in [3.63, 3.8) is 0 Å². The van der Waals surface area contributed by atoms with Crippen LogP contribution >= 0.6 is 0 Å². The molecule has 20 heavy (non-hydrogen) atoms. The Kier molecular flexibility index (Phi) is 3.40. The summed E-state index contributed by atoms with van der Waals surface area (Å²) in [6, 6.07) is 7.92. The number of hydrogen-bond acceptors (Lipinski definition) is 4. The number of aromatic nitrogens is 1. The first-order valence-corrected chi connectivity index (χ1v) is 6.85. The Morgan fingerprint density at radius 3 is 3.00 bits per heavy atom. The second-order valence-electron chi connectivity index (χ2n) is 5.39. The van der Waals surface area contributed by atoms with Crippen LogP contribution in [-0.4, -0.2) is 41.4 Å². The summed E-state index contributed by atoms with van der Waals surface area (Å²) in [7, 11) is 1.97. The van der Waals surface area contributed by atoms with Gasteiger partial charge in [0.1, 0.15) is 17.6 Å². The number of likely N-dealkylation sites (tertiary alicyclic amines) is 1. The number of Topliss-reactive ketones (excluding diaryl/α,β-unsaturated/α-hetero) is 1. The third-order valence-electron chi connectivity index (χ3n) is 3.91. The highest BCUT2D eigenvalue weighted by atomic mass is 16.5. The molecule has 1 saturated heterocycles. The van der Waals surface area contributed by atoms with Crippen LogP contribution in [0, 0.1) is 0 Å². The van der Waals surface area contributed by atoms with Crippen LogP contribution in [-0.2, 0) is 4.79 Å². The standard InChI is InChI=1S/C16H18N2O2/c1-11(19)15-8-13(10-18(15)2)20-16-5-3-4-12-9-17-7-6-14(12)16/h3-7,9,13,15H,8,10H2,1-2H3. The van der Waals surface area contributed by atoms with Crippen LogP contribution < -0.4 is 4.74 Å². The van der Waals surface area contributed by atoms with Gasteiger partial charge in [0.15, 0.2) is 0 Å². The first-order chi connectivity index (χ1) is 9.65. The van der Waals surface area contributed by atoms with E-state index >= 15 is 0 Å². The van der Waals surface area contributed by atoms with Gasteiger partial charge in [-0.05, 0) is 26.1 Å². The van der Waals surface area contributed by atoms with Crippen molar-refractivity contribution in [1.82, 2.24) is 9.88 Å². The maximum Gasteiger partial charge on any atom is 0.147 e. The zero-order valence-electron chi connectivity index (χ0n) is 11.7. The molecule has 0 aliphatic carbocycles. The Morgan fingerprint density at radius 1 is 1.40 bits per heavy atom. The van der Waals surface area contributed by atoms with Gasteiger partial charge in [-0.25, -0.2) is 0 Å². The highest BCUT2D eigenvalue weighted by Crippen LogP contribution is 2.28. The van der Waals surface area contributed by atoms with E-state index in [0.717, 1.165) is 29.5 Å². The normalized spacial score (nSPS) is 23.1. The molecule has 0 bridgehead atoms. The topological polar surface area (TPSA) is 42.4 Å². The molecule has 104 valence electrons. The molecule has 2 aromatic rings. The lowest BCUT2D eigenvalue weighted by Crippen LogP contribution is -2.31. The van der Waals surface area contributed by atoms with Gasteiger partial charge >= 0.3 is 0 Å². The van der Waals surface area contributed by atoms with Crippen molar-refractivity contribution in [2.75, 3.05) is 13.6 Å². The van der Waals surface area contributed by atoms with Crippen LogP contribution in [0.25, 0.3) is 10.8 Å². The summed E-state index contributed by atoms with van der Waals surface area (Å²) >= 11 is 0. The van der Waals surface area contributed by atoms with E-state index in [0.29, 0.717) is 0 Å². The van der Waals surface area contributed by atoms with Crippen LogP contribution in [0.3, 0.4) is 0 Å². The second kappa shape index (κ2) is 5.21. The van der Waals surface area contributed by atoms with Gasteiger partial charge in [-0.3, -0.25) is 14.7 Å². The van der Waals surface area contributed by atoms with Gasteiger partial charge in [0.05, 0.1) is 6.04 Å². The minimum atomic E-state index is -0.0170. The molecule has 0 saturated carbocycles. The number of pyridine rings is 1. The number of nitrogens with zero attached hydrogens (tertiary/aromatic N) is 2. The summed E-state index contributed by atoms with van der Waals surface area (Å²) in [5, 5.41) is 2.14. The molecule has 2 heterocycles. The number of carbonyl (C=O) groups is 1. The Morgan fingerprint density at radius 2 is 2.25 bits per heavy atom. The third-order valence-corrected chi connectivity index (χ3v) is 3.91. The minimum absolute atomic E-state index is 0.0170. The Labute approximate surface area is 118 Å². The number of benzene rings is 1. The number of ketones is 1. The van der Waals surface area contributed by atoms with Gasteiger partial charge in [-0.1, -0.05) is 12.1 Å². The van der Waals surface area contributed by atoms with Crippen molar-refractivity contribution in [1.29, 1.82) is 0 Å². The fourth-order valence-corrected chi connectivity index (χ4v) is 2.89. The average molecular weight is 270 g/mol. The predicted octanol–water partition coefficient (Wildman–Crippen LogP) is 2.28. The highest BCUT2D eigenvalue weighted by Gasteiger charge is 2.33. The quantitative estimate of drug-likeness (QED) is 0.858. The Balaban J connectivity index is 1.82. The predicted molar refractivity (Wildman–Crippen MR) is 77.9 cm³/mol. The van der Waals surface area contributed by atoms with Gasteiger partial charge in [0.25, 0.3) is 0 Å². The van der Waals surface area contributed by atoms with Crippen molar-refractivity contribution in [2.45, 2.75) is 25.5 Å². The molecule has 1 aliphatic rings. The molecule has 0 radical (unpaired) electrons. The van der Waals surface area contributed by atoms with E-state index in [-0.39, 0.29) is 17.9 Å². The van der Waals surface area contributed by atoms with Gasteiger partial charge < -0.3 is 4.74 Å². The lowest BCUT2D eigenvalue weighted by atomic mass is 10.1. The van der Waals surface area contributed by atoms with Crippen LogP contribution in [0.5, 0.6) is 5.75 Å². The van der Waals surface area contributed by atoms with Crippen LogP contribution in [0.15, 0.2) is 36.7 Å².